The van der Waals surface area contributed by atoms with Gasteiger partial charge in [0.05, 0.1) is 22.8 Å². The van der Waals surface area contributed by atoms with E-state index in [1.54, 1.807) is 13.1 Å². The van der Waals surface area contributed by atoms with Gasteiger partial charge in [-0.3, -0.25) is 10.1 Å². The van der Waals surface area contributed by atoms with Crippen molar-refractivity contribution in [1.82, 2.24) is 0 Å². The molecule has 0 spiro atoms. The van der Waals surface area contributed by atoms with E-state index < -0.39 is 4.92 Å². The lowest BCUT2D eigenvalue weighted by atomic mass is 10.2. The van der Waals surface area contributed by atoms with Crippen LogP contribution in [0.2, 0.25) is 0 Å². The number of nitrogens with zero attached hydrogens (tertiary/aromatic N) is 1. The van der Waals surface area contributed by atoms with Crippen molar-refractivity contribution in [1.29, 1.82) is 0 Å². The number of non-ortho nitro benzene ring substituents is 1. The number of anilines is 1. The number of hydrogen-bond acceptors (Lipinski definition) is 4. The minimum Gasteiger partial charge on any atom is -0.488 e. The topological polar surface area (TPSA) is 64.4 Å². The molecule has 1 fully saturated rings. The molecule has 1 aromatic carbocycles. The van der Waals surface area contributed by atoms with E-state index in [9.17, 15) is 10.1 Å². The summed E-state index contributed by atoms with van der Waals surface area (Å²) in [5.74, 6) is 0.564. The van der Waals surface area contributed by atoms with E-state index in [0.29, 0.717) is 5.75 Å². The summed E-state index contributed by atoms with van der Waals surface area (Å²) in [6.45, 7) is 0. The lowest BCUT2D eigenvalue weighted by molar-refractivity contribution is -0.384. The molecule has 5 heteroatoms. The standard InChI is InChI=1S/C10H12N2O3/c1-11-9-5-2-7(12(13)14)6-10(9)15-8-3-4-8/h2,5-6,8,11H,3-4H2,1H3. The van der Waals surface area contributed by atoms with Gasteiger partial charge in [0, 0.05) is 13.1 Å². The Balaban J connectivity index is 2.28. The lowest BCUT2D eigenvalue weighted by Crippen LogP contribution is -2.01. The molecule has 0 unspecified atom stereocenters. The number of nitrogens with one attached hydrogen (secondary N) is 1. The minimum absolute atomic E-state index is 0.0599. The summed E-state index contributed by atoms with van der Waals surface area (Å²) in [4.78, 5) is 10.2. The molecule has 15 heavy (non-hydrogen) atoms. The van der Waals surface area contributed by atoms with Gasteiger partial charge in [-0.1, -0.05) is 0 Å². The van der Waals surface area contributed by atoms with E-state index in [-0.39, 0.29) is 11.8 Å². The predicted octanol–water partition coefficient (Wildman–Crippen LogP) is 2.18. The van der Waals surface area contributed by atoms with Crippen LogP contribution in [0.1, 0.15) is 12.8 Å². The second-order valence-corrected chi connectivity index (χ2v) is 3.50. The molecule has 0 saturated heterocycles. The largest absolute Gasteiger partial charge is 0.488 e. The van der Waals surface area contributed by atoms with Crippen LogP contribution in [0.25, 0.3) is 0 Å². The number of ether oxygens (including phenoxy) is 1. The summed E-state index contributed by atoms with van der Waals surface area (Å²) in [5, 5.41) is 13.5. The quantitative estimate of drug-likeness (QED) is 0.608. The van der Waals surface area contributed by atoms with Crippen molar-refractivity contribution < 1.29 is 9.66 Å². The zero-order chi connectivity index (χ0) is 10.8. The van der Waals surface area contributed by atoms with Crippen molar-refractivity contribution in [2.24, 2.45) is 0 Å². The zero-order valence-corrected chi connectivity index (χ0v) is 8.40. The molecule has 0 bridgehead atoms. The third-order valence-corrected chi connectivity index (χ3v) is 2.26. The number of rotatable bonds is 4. The Morgan fingerprint density at radius 2 is 2.27 bits per heavy atom. The van der Waals surface area contributed by atoms with E-state index in [1.165, 1.54) is 12.1 Å². The smallest absolute Gasteiger partial charge is 0.273 e. The molecule has 0 aliphatic heterocycles. The molecule has 5 nitrogen and oxygen atoms in total. The maximum Gasteiger partial charge on any atom is 0.273 e. The SMILES string of the molecule is CNc1ccc([N+](=O)[O-])cc1OC1CC1. The van der Waals surface area contributed by atoms with Crippen LogP contribution >= 0.6 is 0 Å². The first-order valence-electron chi connectivity index (χ1n) is 4.83. The molecule has 0 heterocycles. The van der Waals surface area contributed by atoms with Crippen molar-refractivity contribution >= 4 is 11.4 Å². The number of nitro benzene ring substituents is 1. The van der Waals surface area contributed by atoms with E-state index in [0.717, 1.165) is 18.5 Å². The molecule has 0 aromatic heterocycles. The molecule has 0 atom stereocenters. The number of benzene rings is 1. The maximum atomic E-state index is 10.6. The van der Waals surface area contributed by atoms with Crippen LogP contribution < -0.4 is 10.1 Å². The average Bonchev–Trinajstić information content (AvgIpc) is 3.01. The summed E-state index contributed by atoms with van der Waals surface area (Å²) >= 11 is 0. The van der Waals surface area contributed by atoms with Gasteiger partial charge in [-0.05, 0) is 18.9 Å². The number of nitro groups is 1. The van der Waals surface area contributed by atoms with Crippen molar-refractivity contribution in [3.05, 3.63) is 28.3 Å². The monoisotopic (exact) mass is 208 g/mol. The first kappa shape index (κ1) is 9.76. The Kier molecular flexibility index (Phi) is 2.45. The van der Waals surface area contributed by atoms with Crippen molar-refractivity contribution in [2.45, 2.75) is 18.9 Å². The Morgan fingerprint density at radius 1 is 1.53 bits per heavy atom. The molecule has 1 saturated carbocycles. The fourth-order valence-corrected chi connectivity index (χ4v) is 1.29. The van der Waals surface area contributed by atoms with Gasteiger partial charge in [-0.25, -0.2) is 0 Å². The van der Waals surface area contributed by atoms with Crippen LogP contribution in [-0.4, -0.2) is 18.1 Å². The molecule has 0 radical (unpaired) electrons. The Hall–Kier alpha value is -1.78. The van der Waals surface area contributed by atoms with Gasteiger partial charge in [0.1, 0.15) is 5.75 Å². The van der Waals surface area contributed by atoms with Gasteiger partial charge in [0.25, 0.3) is 5.69 Å². The Labute approximate surface area is 87.2 Å². The molecule has 80 valence electrons. The van der Waals surface area contributed by atoms with E-state index >= 15 is 0 Å². The fraction of sp³-hybridized carbons (Fsp3) is 0.400. The molecule has 1 aliphatic rings. The highest BCUT2D eigenvalue weighted by Gasteiger charge is 2.25. The summed E-state index contributed by atoms with van der Waals surface area (Å²) < 4.78 is 5.57. The van der Waals surface area contributed by atoms with Crippen molar-refractivity contribution in [3.8, 4) is 5.75 Å². The van der Waals surface area contributed by atoms with E-state index in [1.807, 2.05) is 0 Å². The highest BCUT2D eigenvalue weighted by Crippen LogP contribution is 2.34. The van der Waals surface area contributed by atoms with Gasteiger partial charge < -0.3 is 10.1 Å². The van der Waals surface area contributed by atoms with E-state index in [4.69, 9.17) is 4.74 Å². The minimum atomic E-state index is -0.417. The molecule has 0 amide bonds. The Morgan fingerprint density at radius 3 is 2.80 bits per heavy atom. The van der Waals surface area contributed by atoms with Gasteiger partial charge in [-0.15, -0.1) is 0 Å². The fourth-order valence-electron chi connectivity index (χ4n) is 1.29. The Bertz CT molecular complexity index is 388. The van der Waals surface area contributed by atoms with Crippen LogP contribution in [0.3, 0.4) is 0 Å². The number of hydrogen-bond donors (Lipinski definition) is 1. The van der Waals surface area contributed by atoms with Crippen molar-refractivity contribution in [3.63, 3.8) is 0 Å². The molecule has 1 N–H and O–H groups in total. The lowest BCUT2D eigenvalue weighted by Gasteiger charge is -2.09. The summed E-state index contributed by atoms with van der Waals surface area (Å²) in [6.07, 6.45) is 2.30. The van der Waals surface area contributed by atoms with E-state index in [2.05, 4.69) is 5.32 Å². The molecule has 1 aliphatic carbocycles. The van der Waals surface area contributed by atoms with Gasteiger partial charge >= 0.3 is 0 Å². The third-order valence-electron chi connectivity index (χ3n) is 2.26. The maximum absolute atomic E-state index is 10.6. The third kappa shape index (κ3) is 2.18. The molecular formula is C10H12N2O3. The molecule has 1 aromatic rings. The highest BCUT2D eigenvalue weighted by atomic mass is 16.6. The van der Waals surface area contributed by atoms with Crippen molar-refractivity contribution in [2.75, 3.05) is 12.4 Å². The predicted molar refractivity (Wildman–Crippen MR) is 56.3 cm³/mol. The highest BCUT2D eigenvalue weighted by molar-refractivity contribution is 5.60. The average molecular weight is 208 g/mol. The normalized spacial score (nSPS) is 14.7. The van der Waals surface area contributed by atoms with Gasteiger partial charge in [-0.2, -0.15) is 0 Å². The zero-order valence-electron chi connectivity index (χ0n) is 8.40. The first-order chi connectivity index (χ1) is 7.20. The van der Waals surface area contributed by atoms with Crippen LogP contribution in [0.4, 0.5) is 11.4 Å². The summed E-state index contributed by atoms with van der Waals surface area (Å²) in [5.41, 5.74) is 0.845. The van der Waals surface area contributed by atoms with Crippen LogP contribution in [0.15, 0.2) is 18.2 Å². The van der Waals surface area contributed by atoms with Crippen LogP contribution in [0, 0.1) is 10.1 Å². The van der Waals surface area contributed by atoms with Crippen LogP contribution in [-0.2, 0) is 0 Å². The van der Waals surface area contributed by atoms with Gasteiger partial charge in [0.2, 0.25) is 0 Å². The van der Waals surface area contributed by atoms with Gasteiger partial charge in [0.15, 0.2) is 0 Å². The van der Waals surface area contributed by atoms with Crippen LogP contribution in [0.5, 0.6) is 5.75 Å². The molecular weight excluding hydrogens is 196 g/mol. The first-order valence-corrected chi connectivity index (χ1v) is 4.83. The second-order valence-electron chi connectivity index (χ2n) is 3.50. The summed E-state index contributed by atoms with van der Waals surface area (Å²) in [7, 11) is 1.76. The second kappa shape index (κ2) is 3.76. The summed E-state index contributed by atoms with van der Waals surface area (Å²) in [6, 6.07) is 4.59. The molecule has 2 rings (SSSR count).